The minimum Gasteiger partial charge on any atom is -0.492 e. The summed E-state index contributed by atoms with van der Waals surface area (Å²) >= 11 is 0. The third-order valence-corrected chi connectivity index (χ3v) is 5.64. The van der Waals surface area contributed by atoms with Gasteiger partial charge in [0, 0.05) is 30.9 Å². The molecular formula is C25H32ClN5O2. The van der Waals surface area contributed by atoms with E-state index in [2.05, 4.69) is 58.3 Å². The molecule has 33 heavy (non-hydrogen) atoms. The first-order valence-electron chi connectivity index (χ1n) is 11.3. The molecule has 0 bridgehead atoms. The van der Waals surface area contributed by atoms with Crippen molar-refractivity contribution < 1.29 is 9.57 Å². The van der Waals surface area contributed by atoms with E-state index in [-0.39, 0.29) is 18.4 Å². The molecule has 1 aliphatic heterocycles. The number of rotatable bonds is 10. The van der Waals surface area contributed by atoms with E-state index in [4.69, 9.17) is 9.57 Å². The highest BCUT2D eigenvalue weighted by molar-refractivity contribution is 5.85. The van der Waals surface area contributed by atoms with Crippen LogP contribution in [-0.2, 0) is 4.84 Å². The molecule has 8 heteroatoms. The number of nitrogens with one attached hydrogen (secondary N) is 1. The summed E-state index contributed by atoms with van der Waals surface area (Å²) in [6.45, 7) is 8.68. The molecule has 1 aliphatic rings. The minimum absolute atomic E-state index is 0. The molecule has 1 fully saturated rings. The highest BCUT2D eigenvalue weighted by Gasteiger charge is 2.28. The maximum atomic E-state index is 5.89. The van der Waals surface area contributed by atoms with Crippen LogP contribution >= 0.6 is 12.4 Å². The highest BCUT2D eigenvalue weighted by atomic mass is 35.5. The monoisotopic (exact) mass is 469 g/mol. The predicted octanol–water partition coefficient (Wildman–Crippen LogP) is 5.25. The van der Waals surface area contributed by atoms with Crippen molar-refractivity contribution in [2.45, 2.75) is 26.3 Å². The van der Waals surface area contributed by atoms with Crippen LogP contribution in [0.5, 0.6) is 5.75 Å². The standard InChI is InChI=1S/C25H31N5O2.ClH/c1-3-29(4-2)17-19-31-22-12-10-21(11-13-22)27-25-26-16-14-24(28-25)30-23(15-18-32-30)20-8-6-5-7-9-20;/h5-14,16,23H,3-4,15,17-19H2,1-2H3,(H,26,27,28);1H. The van der Waals surface area contributed by atoms with Crippen LogP contribution in [0.3, 0.4) is 0 Å². The van der Waals surface area contributed by atoms with E-state index in [0.717, 1.165) is 43.3 Å². The summed E-state index contributed by atoms with van der Waals surface area (Å²) < 4.78 is 5.86. The van der Waals surface area contributed by atoms with Crippen molar-refractivity contribution in [1.29, 1.82) is 0 Å². The Morgan fingerprint density at radius 3 is 2.55 bits per heavy atom. The van der Waals surface area contributed by atoms with E-state index in [9.17, 15) is 0 Å². The summed E-state index contributed by atoms with van der Waals surface area (Å²) in [6.07, 6.45) is 2.67. The van der Waals surface area contributed by atoms with Crippen LogP contribution in [0.4, 0.5) is 17.5 Å². The van der Waals surface area contributed by atoms with Crippen LogP contribution in [0.2, 0.25) is 0 Å². The summed E-state index contributed by atoms with van der Waals surface area (Å²) in [4.78, 5) is 17.3. The zero-order chi connectivity index (χ0) is 22.2. The second-order valence-corrected chi connectivity index (χ2v) is 7.64. The Morgan fingerprint density at radius 2 is 1.82 bits per heavy atom. The fourth-order valence-corrected chi connectivity index (χ4v) is 3.80. The lowest BCUT2D eigenvalue weighted by Crippen LogP contribution is -2.27. The molecule has 3 aromatic rings. The third kappa shape index (κ3) is 6.57. The Kier molecular flexibility index (Phi) is 9.30. The Hall–Kier alpha value is -2.87. The van der Waals surface area contributed by atoms with Crippen molar-refractivity contribution >= 4 is 29.9 Å². The van der Waals surface area contributed by atoms with Gasteiger partial charge in [0.05, 0.1) is 12.6 Å². The zero-order valence-corrected chi connectivity index (χ0v) is 20.0. The summed E-state index contributed by atoms with van der Waals surface area (Å²) in [5.41, 5.74) is 2.12. The number of hydrogen-bond acceptors (Lipinski definition) is 7. The Morgan fingerprint density at radius 1 is 1.06 bits per heavy atom. The predicted molar refractivity (Wildman–Crippen MR) is 135 cm³/mol. The van der Waals surface area contributed by atoms with Gasteiger partial charge in [0.2, 0.25) is 5.95 Å². The molecular weight excluding hydrogens is 438 g/mol. The van der Waals surface area contributed by atoms with Crippen LogP contribution in [0.25, 0.3) is 0 Å². The van der Waals surface area contributed by atoms with E-state index in [1.54, 1.807) is 6.20 Å². The minimum atomic E-state index is 0. The highest BCUT2D eigenvalue weighted by Crippen LogP contribution is 2.34. The van der Waals surface area contributed by atoms with Crippen LogP contribution < -0.4 is 15.1 Å². The molecule has 0 saturated carbocycles. The lowest BCUT2D eigenvalue weighted by Gasteiger charge is -2.24. The molecule has 2 aromatic carbocycles. The molecule has 1 unspecified atom stereocenters. The molecule has 0 amide bonds. The zero-order valence-electron chi connectivity index (χ0n) is 19.2. The number of likely N-dealkylation sites (N-methyl/N-ethyl adjacent to an activating group) is 1. The normalized spacial score (nSPS) is 15.4. The maximum absolute atomic E-state index is 5.89. The van der Waals surface area contributed by atoms with E-state index < -0.39 is 0 Å². The van der Waals surface area contributed by atoms with Crippen LogP contribution in [0.1, 0.15) is 31.9 Å². The molecule has 1 N–H and O–H groups in total. The van der Waals surface area contributed by atoms with Gasteiger partial charge in [-0.2, -0.15) is 4.98 Å². The van der Waals surface area contributed by atoms with Crippen molar-refractivity contribution in [2.75, 3.05) is 43.2 Å². The van der Waals surface area contributed by atoms with E-state index in [1.807, 2.05) is 41.5 Å². The van der Waals surface area contributed by atoms with Crippen LogP contribution in [0, 0.1) is 0 Å². The van der Waals surface area contributed by atoms with Gasteiger partial charge in [-0.3, -0.25) is 4.84 Å². The van der Waals surface area contributed by atoms with Gasteiger partial charge < -0.3 is 15.0 Å². The Labute approximate surface area is 202 Å². The van der Waals surface area contributed by atoms with Gasteiger partial charge in [0.25, 0.3) is 0 Å². The maximum Gasteiger partial charge on any atom is 0.229 e. The number of hydroxylamine groups is 1. The largest absolute Gasteiger partial charge is 0.492 e. The summed E-state index contributed by atoms with van der Waals surface area (Å²) in [5.74, 6) is 2.12. The first kappa shape index (κ1) is 24.8. The summed E-state index contributed by atoms with van der Waals surface area (Å²) in [7, 11) is 0. The van der Waals surface area contributed by atoms with E-state index in [1.165, 1.54) is 5.56 Å². The van der Waals surface area contributed by atoms with Gasteiger partial charge in [-0.05, 0) is 42.9 Å². The second kappa shape index (κ2) is 12.4. The number of benzene rings is 2. The molecule has 4 rings (SSSR count). The first-order valence-corrected chi connectivity index (χ1v) is 11.3. The van der Waals surface area contributed by atoms with Gasteiger partial charge in [0.1, 0.15) is 12.4 Å². The molecule has 176 valence electrons. The van der Waals surface area contributed by atoms with Crippen molar-refractivity contribution in [3.63, 3.8) is 0 Å². The molecule has 2 heterocycles. The van der Waals surface area contributed by atoms with Gasteiger partial charge >= 0.3 is 0 Å². The van der Waals surface area contributed by atoms with Crippen LogP contribution in [0.15, 0.2) is 66.9 Å². The first-order chi connectivity index (χ1) is 15.8. The van der Waals surface area contributed by atoms with E-state index in [0.29, 0.717) is 19.2 Å². The van der Waals surface area contributed by atoms with Crippen LogP contribution in [-0.4, -0.2) is 47.7 Å². The van der Waals surface area contributed by atoms with Gasteiger partial charge in [0.15, 0.2) is 5.82 Å². The molecule has 1 aromatic heterocycles. The lowest BCUT2D eigenvalue weighted by molar-refractivity contribution is 0.157. The Balaban J connectivity index is 0.00000306. The van der Waals surface area contributed by atoms with Gasteiger partial charge in [-0.25, -0.2) is 10.0 Å². The van der Waals surface area contributed by atoms with Crippen molar-refractivity contribution in [3.8, 4) is 5.75 Å². The molecule has 7 nitrogen and oxygen atoms in total. The topological polar surface area (TPSA) is 62.8 Å². The summed E-state index contributed by atoms with van der Waals surface area (Å²) in [6, 6.07) is 20.3. The lowest BCUT2D eigenvalue weighted by atomic mass is 10.0. The molecule has 0 radical (unpaired) electrons. The summed E-state index contributed by atoms with van der Waals surface area (Å²) in [5, 5.41) is 5.16. The number of ether oxygens (including phenoxy) is 1. The Bertz CT molecular complexity index is 970. The van der Waals surface area contributed by atoms with E-state index >= 15 is 0 Å². The van der Waals surface area contributed by atoms with Gasteiger partial charge in [-0.1, -0.05) is 44.2 Å². The number of nitrogens with zero attached hydrogens (tertiary/aromatic N) is 4. The molecule has 0 spiro atoms. The second-order valence-electron chi connectivity index (χ2n) is 7.64. The number of hydrogen-bond donors (Lipinski definition) is 1. The molecule has 1 saturated heterocycles. The van der Waals surface area contributed by atoms with Gasteiger partial charge in [-0.15, -0.1) is 12.4 Å². The molecule has 0 aliphatic carbocycles. The third-order valence-electron chi connectivity index (χ3n) is 5.64. The number of halogens is 1. The number of aromatic nitrogens is 2. The fourth-order valence-electron chi connectivity index (χ4n) is 3.80. The fraction of sp³-hybridized carbons (Fsp3) is 0.360. The smallest absolute Gasteiger partial charge is 0.229 e. The van der Waals surface area contributed by atoms with Crippen molar-refractivity contribution in [1.82, 2.24) is 14.9 Å². The quantitative estimate of drug-likeness (QED) is 0.435. The average molecular weight is 470 g/mol. The molecule has 1 atom stereocenters. The average Bonchev–Trinajstić information content (AvgIpc) is 3.34. The number of anilines is 3. The van der Waals surface area contributed by atoms with Crippen molar-refractivity contribution in [3.05, 3.63) is 72.4 Å². The SMILES string of the molecule is CCN(CC)CCOc1ccc(Nc2nccc(N3OCCC3c3ccccc3)n2)cc1.Cl. The van der Waals surface area contributed by atoms with Crippen molar-refractivity contribution in [2.24, 2.45) is 0 Å².